The number of nitrogens with one attached hydrogen (secondary N) is 2. The van der Waals surface area contributed by atoms with Crippen LogP contribution in [0.15, 0.2) is 66.7 Å². The number of hydrogen-bond donors (Lipinski definition) is 2. The van der Waals surface area contributed by atoms with E-state index in [1.165, 1.54) is 5.39 Å². The second-order valence-corrected chi connectivity index (χ2v) is 5.89. The molecule has 0 aliphatic carbocycles. The van der Waals surface area contributed by atoms with Crippen LogP contribution >= 0.6 is 0 Å². The van der Waals surface area contributed by atoms with Gasteiger partial charge >= 0.3 is 0 Å². The van der Waals surface area contributed by atoms with E-state index in [1.807, 2.05) is 37.3 Å². The fourth-order valence-corrected chi connectivity index (χ4v) is 2.66. The summed E-state index contributed by atoms with van der Waals surface area (Å²) in [5.74, 6) is -0.249. The van der Waals surface area contributed by atoms with Crippen molar-refractivity contribution in [1.29, 1.82) is 0 Å². The average molecular weight is 332 g/mol. The summed E-state index contributed by atoms with van der Waals surface area (Å²) in [6, 6.07) is 21.1. The maximum Gasteiger partial charge on any atom is 0.251 e. The molecule has 25 heavy (non-hydrogen) atoms. The first-order valence-electron chi connectivity index (χ1n) is 8.31. The predicted molar refractivity (Wildman–Crippen MR) is 101 cm³/mol. The zero-order valence-corrected chi connectivity index (χ0v) is 14.0. The topological polar surface area (TPSA) is 58.2 Å². The lowest BCUT2D eigenvalue weighted by Crippen LogP contribution is -2.35. The third kappa shape index (κ3) is 4.04. The molecular weight excluding hydrogens is 312 g/mol. The van der Waals surface area contributed by atoms with Gasteiger partial charge in [0, 0.05) is 16.9 Å². The molecule has 0 aliphatic heterocycles. The minimum Gasteiger partial charge on any atom is -0.355 e. The second-order valence-electron chi connectivity index (χ2n) is 5.89. The first-order valence-corrected chi connectivity index (χ1v) is 8.31. The van der Waals surface area contributed by atoms with Gasteiger partial charge in [-0.2, -0.15) is 0 Å². The van der Waals surface area contributed by atoms with Crippen molar-refractivity contribution in [2.75, 3.05) is 5.32 Å². The van der Waals surface area contributed by atoms with Crippen molar-refractivity contribution < 1.29 is 9.59 Å². The summed E-state index contributed by atoms with van der Waals surface area (Å²) in [7, 11) is 0. The van der Waals surface area contributed by atoms with E-state index in [1.54, 1.807) is 12.1 Å². The number of anilines is 2. The number of amides is 1. The molecule has 1 amide bonds. The molecular formula is C21H20N2O2. The number of carbonyl (C=O) groups is 2. The summed E-state index contributed by atoms with van der Waals surface area (Å²) >= 11 is 0. The van der Waals surface area contributed by atoms with Crippen LogP contribution in [0.3, 0.4) is 0 Å². The Morgan fingerprint density at radius 1 is 0.960 bits per heavy atom. The Morgan fingerprint density at radius 2 is 1.72 bits per heavy atom. The van der Waals surface area contributed by atoms with Crippen LogP contribution in [0.5, 0.6) is 0 Å². The Morgan fingerprint density at radius 3 is 2.48 bits per heavy atom. The molecule has 0 saturated heterocycles. The van der Waals surface area contributed by atoms with Crippen LogP contribution in [0.4, 0.5) is 11.4 Å². The van der Waals surface area contributed by atoms with E-state index in [0.29, 0.717) is 12.0 Å². The van der Waals surface area contributed by atoms with Gasteiger partial charge in [0.2, 0.25) is 0 Å². The fourth-order valence-electron chi connectivity index (χ4n) is 2.66. The van der Waals surface area contributed by atoms with E-state index in [0.717, 1.165) is 23.0 Å². The van der Waals surface area contributed by atoms with Crippen LogP contribution in [0.1, 0.15) is 23.7 Å². The highest BCUT2D eigenvalue weighted by Gasteiger charge is 2.11. The Balaban J connectivity index is 1.78. The van der Waals surface area contributed by atoms with Crippen LogP contribution in [-0.2, 0) is 4.79 Å². The molecule has 0 spiro atoms. The van der Waals surface area contributed by atoms with Crippen molar-refractivity contribution in [3.63, 3.8) is 0 Å². The fraction of sp³-hybridized carbons (Fsp3) is 0.143. The molecule has 4 nitrogen and oxygen atoms in total. The molecule has 0 bridgehead atoms. The lowest BCUT2D eigenvalue weighted by molar-refractivity contribution is -0.109. The van der Waals surface area contributed by atoms with Crippen molar-refractivity contribution in [3.05, 3.63) is 72.3 Å². The summed E-state index contributed by atoms with van der Waals surface area (Å²) < 4.78 is 0. The van der Waals surface area contributed by atoms with Crippen LogP contribution < -0.4 is 10.6 Å². The molecule has 3 rings (SSSR count). The molecule has 0 radical (unpaired) electrons. The zero-order valence-electron chi connectivity index (χ0n) is 14.0. The largest absolute Gasteiger partial charge is 0.355 e. The SMILES string of the molecule is CCC(C=O)NC(=O)c1cccc(Nc2ccc3ccccc3c2)c1. The van der Waals surface area contributed by atoms with Gasteiger partial charge < -0.3 is 15.4 Å². The smallest absolute Gasteiger partial charge is 0.251 e. The van der Waals surface area contributed by atoms with Crippen molar-refractivity contribution in [1.82, 2.24) is 5.32 Å². The third-order valence-corrected chi connectivity index (χ3v) is 4.08. The standard InChI is InChI=1S/C21H20N2O2/c1-2-18(14-24)23-21(25)17-8-5-9-19(13-17)22-20-11-10-15-6-3-4-7-16(15)12-20/h3-14,18,22H,2H2,1H3,(H,23,25). The molecule has 3 aromatic carbocycles. The van der Waals surface area contributed by atoms with E-state index in [2.05, 4.69) is 34.9 Å². The monoisotopic (exact) mass is 332 g/mol. The Bertz CT molecular complexity index is 905. The summed E-state index contributed by atoms with van der Waals surface area (Å²) in [4.78, 5) is 23.1. The second kappa shape index (κ2) is 7.62. The number of hydrogen-bond acceptors (Lipinski definition) is 3. The molecule has 0 fully saturated rings. The van der Waals surface area contributed by atoms with Crippen LogP contribution in [0.2, 0.25) is 0 Å². The first-order chi connectivity index (χ1) is 12.2. The van der Waals surface area contributed by atoms with Gasteiger partial charge in [0.05, 0.1) is 6.04 Å². The minimum atomic E-state index is -0.454. The van der Waals surface area contributed by atoms with Crippen LogP contribution in [-0.4, -0.2) is 18.2 Å². The van der Waals surface area contributed by atoms with Crippen molar-refractivity contribution >= 4 is 34.3 Å². The van der Waals surface area contributed by atoms with E-state index in [9.17, 15) is 9.59 Å². The first kappa shape index (κ1) is 16.7. The lowest BCUT2D eigenvalue weighted by Gasteiger charge is -2.12. The van der Waals surface area contributed by atoms with Gasteiger partial charge in [-0.1, -0.05) is 43.3 Å². The van der Waals surface area contributed by atoms with E-state index in [4.69, 9.17) is 0 Å². The van der Waals surface area contributed by atoms with Gasteiger partial charge in [-0.05, 0) is 47.5 Å². The quantitative estimate of drug-likeness (QED) is 0.662. The highest BCUT2D eigenvalue weighted by molar-refractivity contribution is 5.96. The maximum atomic E-state index is 12.3. The highest BCUT2D eigenvalue weighted by atomic mass is 16.2. The lowest BCUT2D eigenvalue weighted by atomic mass is 10.1. The van der Waals surface area contributed by atoms with Crippen LogP contribution in [0, 0.1) is 0 Å². The van der Waals surface area contributed by atoms with Gasteiger partial charge in [-0.15, -0.1) is 0 Å². The summed E-state index contributed by atoms with van der Waals surface area (Å²) in [6.07, 6.45) is 1.33. The molecule has 0 saturated carbocycles. The number of aldehydes is 1. The Hall–Kier alpha value is -3.14. The molecule has 2 N–H and O–H groups in total. The zero-order chi connectivity index (χ0) is 17.6. The number of carbonyl (C=O) groups excluding carboxylic acids is 2. The van der Waals surface area contributed by atoms with Crippen LogP contribution in [0.25, 0.3) is 10.8 Å². The molecule has 3 aromatic rings. The normalized spacial score (nSPS) is 11.7. The van der Waals surface area contributed by atoms with Crippen molar-refractivity contribution in [3.8, 4) is 0 Å². The minimum absolute atomic E-state index is 0.249. The van der Waals surface area contributed by atoms with E-state index < -0.39 is 6.04 Å². The number of benzene rings is 3. The third-order valence-electron chi connectivity index (χ3n) is 4.08. The molecule has 4 heteroatoms. The predicted octanol–water partition coefficient (Wildman–Crippen LogP) is 4.29. The van der Waals surface area contributed by atoms with Gasteiger partial charge in [0.15, 0.2) is 0 Å². The van der Waals surface area contributed by atoms with Gasteiger partial charge in [0.1, 0.15) is 6.29 Å². The van der Waals surface area contributed by atoms with Gasteiger partial charge in [-0.3, -0.25) is 4.79 Å². The molecule has 1 unspecified atom stereocenters. The van der Waals surface area contributed by atoms with Crippen molar-refractivity contribution in [2.24, 2.45) is 0 Å². The molecule has 1 atom stereocenters. The molecule has 126 valence electrons. The summed E-state index contributed by atoms with van der Waals surface area (Å²) in [5, 5.41) is 8.37. The van der Waals surface area contributed by atoms with Crippen molar-refractivity contribution in [2.45, 2.75) is 19.4 Å². The maximum absolute atomic E-state index is 12.3. The van der Waals surface area contributed by atoms with E-state index >= 15 is 0 Å². The number of rotatable bonds is 6. The molecule has 0 heterocycles. The molecule has 0 aliphatic rings. The summed E-state index contributed by atoms with van der Waals surface area (Å²) in [5.41, 5.74) is 2.30. The highest BCUT2D eigenvalue weighted by Crippen LogP contribution is 2.22. The van der Waals surface area contributed by atoms with E-state index in [-0.39, 0.29) is 5.91 Å². The molecule has 0 aromatic heterocycles. The van der Waals surface area contributed by atoms with Gasteiger partial charge in [0.25, 0.3) is 5.91 Å². The Kier molecular flexibility index (Phi) is 5.09. The average Bonchev–Trinajstić information content (AvgIpc) is 2.66. The Labute approximate surface area is 146 Å². The van der Waals surface area contributed by atoms with Gasteiger partial charge in [-0.25, -0.2) is 0 Å². The summed E-state index contributed by atoms with van der Waals surface area (Å²) in [6.45, 7) is 1.86. The number of fused-ring (bicyclic) bond motifs is 1.